The summed E-state index contributed by atoms with van der Waals surface area (Å²) in [6.07, 6.45) is 0.747. The Labute approximate surface area is 156 Å². The third-order valence-electron chi connectivity index (χ3n) is 4.36. The number of nitrogens with zero attached hydrogens (tertiary/aromatic N) is 4. The average molecular weight is 367 g/mol. The lowest BCUT2D eigenvalue weighted by Gasteiger charge is -2.16. The second-order valence-corrected chi connectivity index (χ2v) is 6.33. The summed E-state index contributed by atoms with van der Waals surface area (Å²) in [7, 11) is 0. The maximum Gasteiger partial charge on any atom is 0.269 e. The van der Waals surface area contributed by atoms with Gasteiger partial charge in [-0.05, 0) is 39.3 Å². The summed E-state index contributed by atoms with van der Waals surface area (Å²) in [6.45, 7) is 7.83. The van der Waals surface area contributed by atoms with E-state index in [1.165, 1.54) is 12.1 Å². The second-order valence-electron chi connectivity index (χ2n) is 6.33. The topological polar surface area (TPSA) is 107 Å². The molecule has 0 bridgehead atoms. The monoisotopic (exact) mass is 367 g/mol. The first-order chi connectivity index (χ1) is 12.9. The van der Waals surface area contributed by atoms with Crippen LogP contribution in [-0.2, 0) is 6.42 Å². The van der Waals surface area contributed by atoms with Crippen molar-refractivity contribution < 1.29 is 9.45 Å². The van der Waals surface area contributed by atoms with Crippen LogP contribution in [0.1, 0.15) is 42.6 Å². The van der Waals surface area contributed by atoms with Gasteiger partial charge in [-0.25, -0.2) is 9.97 Å². The number of nitrogens with one attached hydrogen (secondary N) is 1. The van der Waals surface area contributed by atoms with Crippen molar-refractivity contribution in [3.05, 3.63) is 63.2 Å². The van der Waals surface area contributed by atoms with Crippen LogP contribution < -0.4 is 5.32 Å². The minimum Gasteiger partial charge on any atom is -0.363 e. The molecule has 1 atom stereocenters. The fourth-order valence-corrected chi connectivity index (χ4v) is 3.02. The highest BCUT2D eigenvalue weighted by molar-refractivity contribution is 5.59. The molecule has 3 rings (SSSR count). The Morgan fingerprint density at radius 1 is 1.22 bits per heavy atom. The standard InChI is InChI=1S/C19H21N5O3/c1-5-15-10-17(20-11(2)18-12(3)23-27-13(18)4)22-19(21-15)14-6-8-16(9-7-14)24(25)26/h6-11H,5H2,1-4H3,(H,20,21,22). The van der Waals surface area contributed by atoms with E-state index in [1.807, 2.05) is 33.8 Å². The van der Waals surface area contributed by atoms with Gasteiger partial charge in [0.05, 0.1) is 16.7 Å². The normalized spacial score (nSPS) is 12.0. The summed E-state index contributed by atoms with van der Waals surface area (Å²) in [6, 6.07) is 8.10. The van der Waals surface area contributed by atoms with Crippen LogP contribution in [0.5, 0.6) is 0 Å². The highest BCUT2D eigenvalue weighted by Crippen LogP contribution is 2.26. The summed E-state index contributed by atoms with van der Waals surface area (Å²) in [4.78, 5) is 19.6. The zero-order chi connectivity index (χ0) is 19.6. The number of nitro benzene ring substituents is 1. The SMILES string of the molecule is CCc1cc(NC(C)c2c(C)noc2C)nc(-c2ccc([N+](=O)[O-])cc2)n1. The van der Waals surface area contributed by atoms with Crippen molar-refractivity contribution in [2.75, 3.05) is 5.32 Å². The van der Waals surface area contributed by atoms with E-state index in [1.54, 1.807) is 12.1 Å². The van der Waals surface area contributed by atoms with Gasteiger partial charge < -0.3 is 9.84 Å². The van der Waals surface area contributed by atoms with Crippen molar-refractivity contribution >= 4 is 11.5 Å². The average Bonchev–Trinajstić information content (AvgIpc) is 2.99. The second kappa shape index (κ2) is 7.53. The van der Waals surface area contributed by atoms with Gasteiger partial charge in [0.25, 0.3) is 5.69 Å². The molecule has 1 aromatic carbocycles. The van der Waals surface area contributed by atoms with Crippen LogP contribution in [0, 0.1) is 24.0 Å². The summed E-state index contributed by atoms with van der Waals surface area (Å²) in [5, 5.41) is 18.2. The smallest absolute Gasteiger partial charge is 0.269 e. The van der Waals surface area contributed by atoms with Crippen molar-refractivity contribution in [2.24, 2.45) is 0 Å². The zero-order valence-corrected chi connectivity index (χ0v) is 15.7. The van der Waals surface area contributed by atoms with Crippen molar-refractivity contribution in [1.82, 2.24) is 15.1 Å². The first-order valence-corrected chi connectivity index (χ1v) is 8.71. The molecular weight excluding hydrogens is 346 g/mol. The van der Waals surface area contributed by atoms with E-state index >= 15 is 0 Å². The maximum absolute atomic E-state index is 10.8. The van der Waals surface area contributed by atoms with Gasteiger partial charge in [-0.3, -0.25) is 10.1 Å². The molecular formula is C19H21N5O3. The minimum atomic E-state index is -0.425. The summed E-state index contributed by atoms with van der Waals surface area (Å²) >= 11 is 0. The van der Waals surface area contributed by atoms with Gasteiger partial charge in [-0.2, -0.15) is 0 Å². The van der Waals surface area contributed by atoms with Gasteiger partial charge in [0.1, 0.15) is 11.6 Å². The molecule has 0 saturated carbocycles. The Kier molecular flexibility index (Phi) is 5.16. The number of benzene rings is 1. The third kappa shape index (κ3) is 3.94. The number of rotatable bonds is 6. The zero-order valence-electron chi connectivity index (χ0n) is 15.7. The molecule has 0 fully saturated rings. The largest absolute Gasteiger partial charge is 0.363 e. The Bertz CT molecular complexity index is 946. The van der Waals surface area contributed by atoms with Crippen LogP contribution in [0.2, 0.25) is 0 Å². The molecule has 0 aliphatic carbocycles. The Morgan fingerprint density at radius 3 is 2.48 bits per heavy atom. The van der Waals surface area contributed by atoms with Crippen LogP contribution in [0.15, 0.2) is 34.9 Å². The lowest BCUT2D eigenvalue weighted by atomic mass is 10.1. The van der Waals surface area contributed by atoms with Gasteiger partial charge in [-0.1, -0.05) is 12.1 Å². The first kappa shape index (κ1) is 18.5. The number of non-ortho nitro benzene ring substituents is 1. The summed E-state index contributed by atoms with van der Waals surface area (Å²) < 4.78 is 5.24. The van der Waals surface area contributed by atoms with Crippen molar-refractivity contribution in [3.8, 4) is 11.4 Å². The molecule has 0 saturated heterocycles. The number of hydrogen-bond acceptors (Lipinski definition) is 7. The Balaban J connectivity index is 1.92. The van der Waals surface area contributed by atoms with E-state index in [4.69, 9.17) is 4.52 Å². The lowest BCUT2D eigenvalue weighted by molar-refractivity contribution is -0.384. The predicted molar refractivity (Wildman–Crippen MR) is 102 cm³/mol. The van der Waals surface area contributed by atoms with Crippen LogP contribution in [0.25, 0.3) is 11.4 Å². The van der Waals surface area contributed by atoms with Crippen molar-refractivity contribution in [1.29, 1.82) is 0 Å². The van der Waals surface area contributed by atoms with E-state index in [2.05, 4.69) is 20.4 Å². The minimum absolute atomic E-state index is 0.0378. The van der Waals surface area contributed by atoms with Crippen LogP contribution in [0.3, 0.4) is 0 Å². The van der Waals surface area contributed by atoms with E-state index in [0.29, 0.717) is 11.6 Å². The third-order valence-corrected chi connectivity index (χ3v) is 4.36. The van der Waals surface area contributed by atoms with Gasteiger partial charge in [0, 0.05) is 35.0 Å². The van der Waals surface area contributed by atoms with Gasteiger partial charge >= 0.3 is 0 Å². The molecule has 8 heteroatoms. The van der Waals surface area contributed by atoms with E-state index < -0.39 is 4.92 Å². The number of nitro groups is 1. The van der Waals surface area contributed by atoms with Gasteiger partial charge in [-0.15, -0.1) is 0 Å². The molecule has 0 amide bonds. The molecule has 2 aromatic heterocycles. The first-order valence-electron chi connectivity index (χ1n) is 8.71. The molecule has 0 aliphatic heterocycles. The lowest BCUT2D eigenvalue weighted by Crippen LogP contribution is -2.11. The van der Waals surface area contributed by atoms with Crippen molar-refractivity contribution in [3.63, 3.8) is 0 Å². The van der Waals surface area contributed by atoms with Gasteiger partial charge in [0.15, 0.2) is 5.82 Å². The number of aromatic nitrogens is 3. The molecule has 0 spiro atoms. The number of aryl methyl sites for hydroxylation is 3. The summed E-state index contributed by atoms with van der Waals surface area (Å²) in [5.41, 5.74) is 3.49. The Hall–Kier alpha value is -3.29. The number of hydrogen-bond donors (Lipinski definition) is 1. The maximum atomic E-state index is 10.8. The summed E-state index contributed by atoms with van der Waals surface area (Å²) in [5.74, 6) is 1.98. The quantitative estimate of drug-likeness (QED) is 0.508. The fraction of sp³-hybridized carbons (Fsp3) is 0.316. The van der Waals surface area contributed by atoms with Crippen LogP contribution >= 0.6 is 0 Å². The van der Waals surface area contributed by atoms with E-state index in [-0.39, 0.29) is 11.7 Å². The molecule has 0 radical (unpaired) electrons. The highest BCUT2D eigenvalue weighted by Gasteiger charge is 2.17. The predicted octanol–water partition coefficient (Wildman–Crippen LogP) is 4.39. The highest BCUT2D eigenvalue weighted by atomic mass is 16.6. The molecule has 140 valence electrons. The number of anilines is 1. The van der Waals surface area contributed by atoms with Crippen molar-refractivity contribution in [2.45, 2.75) is 40.2 Å². The molecule has 1 unspecified atom stereocenters. The molecule has 8 nitrogen and oxygen atoms in total. The van der Waals surface area contributed by atoms with Crippen LogP contribution in [-0.4, -0.2) is 20.0 Å². The Morgan fingerprint density at radius 2 is 1.93 bits per heavy atom. The molecule has 1 N–H and O–H groups in total. The molecule has 2 heterocycles. The van der Waals surface area contributed by atoms with Gasteiger partial charge in [0.2, 0.25) is 0 Å². The van der Waals surface area contributed by atoms with Crippen LogP contribution in [0.4, 0.5) is 11.5 Å². The fourth-order valence-electron chi connectivity index (χ4n) is 3.02. The van der Waals surface area contributed by atoms with E-state index in [9.17, 15) is 10.1 Å². The molecule has 0 aliphatic rings. The van der Waals surface area contributed by atoms with E-state index in [0.717, 1.165) is 34.7 Å². The molecule has 27 heavy (non-hydrogen) atoms. The molecule has 3 aromatic rings.